The molecule has 2 nitrogen and oxygen atoms in total. The van der Waals surface area contributed by atoms with Crippen molar-refractivity contribution in [2.24, 2.45) is 5.73 Å². The molecule has 1 rings (SSSR count). The third kappa shape index (κ3) is 2.51. The van der Waals surface area contributed by atoms with Crippen molar-refractivity contribution in [2.45, 2.75) is 11.8 Å². The molecule has 0 saturated heterocycles. The molecule has 0 bridgehead atoms. The van der Waals surface area contributed by atoms with Gasteiger partial charge in [0.1, 0.15) is 0 Å². The van der Waals surface area contributed by atoms with Crippen LogP contribution in [0.1, 0.15) is 6.92 Å². The first-order chi connectivity index (χ1) is 5.70. The van der Waals surface area contributed by atoms with Crippen LogP contribution in [-0.4, -0.2) is 4.21 Å². The van der Waals surface area contributed by atoms with Gasteiger partial charge in [-0.05, 0) is 19.1 Å². The molecule has 0 spiro atoms. The lowest BCUT2D eigenvalue weighted by Gasteiger charge is -1.95. The van der Waals surface area contributed by atoms with Crippen LogP contribution in [-0.2, 0) is 10.8 Å². The van der Waals surface area contributed by atoms with E-state index in [1.807, 2.05) is 30.3 Å². The zero-order valence-corrected chi connectivity index (χ0v) is 7.67. The Morgan fingerprint density at radius 2 is 2.00 bits per heavy atom. The topological polar surface area (TPSA) is 43.1 Å². The highest BCUT2D eigenvalue weighted by Crippen LogP contribution is 2.06. The fraction of sp³-hybridized carbons (Fsp3) is 0.111. The Hall–Kier alpha value is -1.09. The van der Waals surface area contributed by atoms with Crippen molar-refractivity contribution in [3.8, 4) is 0 Å². The lowest BCUT2D eigenvalue weighted by Crippen LogP contribution is -1.94. The second-order valence-corrected chi connectivity index (χ2v) is 3.77. The maximum atomic E-state index is 11.4. The number of benzene rings is 1. The van der Waals surface area contributed by atoms with Gasteiger partial charge in [-0.1, -0.05) is 18.2 Å². The van der Waals surface area contributed by atoms with Gasteiger partial charge in [0.25, 0.3) is 0 Å². The quantitative estimate of drug-likeness (QED) is 0.753. The fourth-order valence-electron chi connectivity index (χ4n) is 0.791. The van der Waals surface area contributed by atoms with Crippen LogP contribution < -0.4 is 5.73 Å². The van der Waals surface area contributed by atoms with E-state index in [1.54, 1.807) is 6.92 Å². The normalized spacial score (nSPS) is 14.2. The molecule has 1 aromatic carbocycles. The number of allylic oxidation sites excluding steroid dienone is 1. The second kappa shape index (κ2) is 4.07. The molecule has 64 valence electrons. The lowest BCUT2D eigenvalue weighted by molar-refractivity contribution is 0.688. The van der Waals surface area contributed by atoms with E-state index in [2.05, 4.69) is 0 Å². The van der Waals surface area contributed by atoms with Crippen molar-refractivity contribution in [1.82, 2.24) is 0 Å². The minimum atomic E-state index is -1.10. The predicted molar refractivity (Wildman–Crippen MR) is 50.8 cm³/mol. The third-order valence-electron chi connectivity index (χ3n) is 1.27. The van der Waals surface area contributed by atoms with Crippen molar-refractivity contribution in [3.63, 3.8) is 0 Å². The van der Waals surface area contributed by atoms with Gasteiger partial charge in [0, 0.05) is 16.0 Å². The maximum Gasteiger partial charge on any atom is 0.0793 e. The highest BCUT2D eigenvalue weighted by Gasteiger charge is 1.97. The summed E-state index contributed by atoms with van der Waals surface area (Å²) in [6.07, 6.45) is 0. The van der Waals surface area contributed by atoms with Gasteiger partial charge in [0.15, 0.2) is 0 Å². The molecule has 2 N–H and O–H groups in total. The number of nitrogens with two attached hydrogens (primary N) is 1. The van der Waals surface area contributed by atoms with Gasteiger partial charge < -0.3 is 5.73 Å². The summed E-state index contributed by atoms with van der Waals surface area (Å²) >= 11 is 0. The molecule has 1 unspecified atom stereocenters. The first-order valence-corrected chi connectivity index (χ1v) is 4.81. The van der Waals surface area contributed by atoms with Gasteiger partial charge in [-0.2, -0.15) is 0 Å². The molecule has 12 heavy (non-hydrogen) atoms. The first-order valence-electron chi connectivity index (χ1n) is 3.59. The smallest absolute Gasteiger partial charge is 0.0793 e. The molecule has 3 heteroatoms. The number of hydrogen-bond acceptors (Lipinski definition) is 2. The molecule has 0 saturated carbocycles. The summed E-state index contributed by atoms with van der Waals surface area (Å²) in [6.45, 7) is 1.72. The van der Waals surface area contributed by atoms with Gasteiger partial charge in [0.2, 0.25) is 0 Å². The van der Waals surface area contributed by atoms with Crippen LogP contribution in [0.2, 0.25) is 0 Å². The minimum absolute atomic E-state index is 0.581. The summed E-state index contributed by atoms with van der Waals surface area (Å²) < 4.78 is 11.4. The molecule has 0 aliphatic heterocycles. The van der Waals surface area contributed by atoms with E-state index in [4.69, 9.17) is 5.73 Å². The van der Waals surface area contributed by atoms with E-state index in [9.17, 15) is 4.21 Å². The molecule has 0 aliphatic carbocycles. The Morgan fingerprint density at radius 1 is 1.42 bits per heavy atom. The van der Waals surface area contributed by atoms with E-state index in [0.29, 0.717) is 5.70 Å². The lowest BCUT2D eigenvalue weighted by atomic mass is 10.4. The van der Waals surface area contributed by atoms with Crippen LogP contribution in [0.3, 0.4) is 0 Å². The summed E-state index contributed by atoms with van der Waals surface area (Å²) in [5.41, 5.74) is 5.98. The minimum Gasteiger partial charge on any atom is -0.402 e. The summed E-state index contributed by atoms with van der Waals surface area (Å²) in [6, 6.07) is 9.23. The molecule has 1 atom stereocenters. The Labute approximate surface area is 74.6 Å². The third-order valence-corrected chi connectivity index (χ3v) is 2.59. The SMILES string of the molecule is C/C(N)=C/S(=O)c1ccccc1. The molecular formula is C9H11NOS. The van der Waals surface area contributed by atoms with Gasteiger partial charge in [0.05, 0.1) is 10.8 Å². The highest BCUT2D eigenvalue weighted by molar-refractivity contribution is 7.88. The molecule has 0 fully saturated rings. The summed E-state index contributed by atoms with van der Waals surface area (Å²) in [7, 11) is -1.10. The first kappa shape index (κ1) is 9.00. The maximum absolute atomic E-state index is 11.4. The fourth-order valence-corrected chi connectivity index (χ4v) is 1.69. The van der Waals surface area contributed by atoms with Crippen molar-refractivity contribution in [1.29, 1.82) is 0 Å². The molecular weight excluding hydrogens is 170 g/mol. The monoisotopic (exact) mass is 181 g/mol. The van der Waals surface area contributed by atoms with Crippen molar-refractivity contribution in [3.05, 3.63) is 41.4 Å². The Morgan fingerprint density at radius 3 is 2.50 bits per heavy atom. The van der Waals surface area contributed by atoms with Gasteiger partial charge in [-0.25, -0.2) is 4.21 Å². The summed E-state index contributed by atoms with van der Waals surface area (Å²) in [5, 5.41) is 1.54. The Bertz CT molecular complexity index is 302. The van der Waals surface area contributed by atoms with Crippen molar-refractivity contribution in [2.75, 3.05) is 0 Å². The van der Waals surface area contributed by atoms with E-state index >= 15 is 0 Å². The molecule has 0 amide bonds. The Balaban J connectivity index is 2.87. The van der Waals surface area contributed by atoms with Crippen LogP contribution in [0.25, 0.3) is 0 Å². The van der Waals surface area contributed by atoms with E-state index in [1.165, 1.54) is 5.41 Å². The van der Waals surface area contributed by atoms with Crippen LogP contribution in [0.4, 0.5) is 0 Å². The van der Waals surface area contributed by atoms with Gasteiger partial charge >= 0.3 is 0 Å². The summed E-state index contributed by atoms with van der Waals surface area (Å²) in [4.78, 5) is 0.780. The largest absolute Gasteiger partial charge is 0.402 e. The van der Waals surface area contributed by atoms with E-state index in [0.717, 1.165) is 4.90 Å². The van der Waals surface area contributed by atoms with E-state index in [-0.39, 0.29) is 0 Å². The van der Waals surface area contributed by atoms with Crippen molar-refractivity contribution >= 4 is 10.8 Å². The van der Waals surface area contributed by atoms with Crippen LogP contribution in [0.5, 0.6) is 0 Å². The summed E-state index contributed by atoms with van der Waals surface area (Å²) in [5.74, 6) is 0. The molecule has 0 aliphatic rings. The average molecular weight is 181 g/mol. The molecule has 1 aromatic rings. The van der Waals surface area contributed by atoms with Crippen LogP contribution >= 0.6 is 0 Å². The predicted octanol–water partition coefficient (Wildman–Crippen LogP) is 1.61. The Kier molecular flexibility index (Phi) is 3.05. The molecule has 0 aromatic heterocycles. The zero-order chi connectivity index (χ0) is 8.97. The van der Waals surface area contributed by atoms with Gasteiger partial charge in [-0.15, -0.1) is 0 Å². The molecule has 0 radical (unpaired) electrons. The zero-order valence-electron chi connectivity index (χ0n) is 6.86. The van der Waals surface area contributed by atoms with E-state index < -0.39 is 10.8 Å². The highest BCUT2D eigenvalue weighted by atomic mass is 32.2. The number of hydrogen-bond donors (Lipinski definition) is 1. The van der Waals surface area contributed by atoms with Crippen molar-refractivity contribution < 1.29 is 4.21 Å². The average Bonchev–Trinajstić information content (AvgIpc) is 2.05. The number of rotatable bonds is 2. The van der Waals surface area contributed by atoms with Crippen LogP contribution in [0, 0.1) is 0 Å². The molecule has 0 heterocycles. The second-order valence-electron chi connectivity index (χ2n) is 2.47. The standard InChI is InChI=1S/C9H11NOS/c1-8(10)7-12(11)9-5-3-2-4-6-9/h2-7H,10H2,1H3/b8-7-. The van der Waals surface area contributed by atoms with Gasteiger partial charge in [-0.3, -0.25) is 0 Å². The van der Waals surface area contributed by atoms with Crippen LogP contribution in [0.15, 0.2) is 46.3 Å².